The molecule has 0 spiro atoms. The van der Waals surface area contributed by atoms with Gasteiger partial charge in [-0.15, -0.1) is 0 Å². The lowest BCUT2D eigenvalue weighted by molar-refractivity contribution is -0.115. The lowest BCUT2D eigenvalue weighted by Gasteiger charge is -2.06. The molecular weight excluding hydrogens is 276 g/mol. The smallest absolute Gasteiger partial charge is 0.228 e. The number of aromatic amines is 1. The molecule has 2 N–H and O–H groups in total. The van der Waals surface area contributed by atoms with Crippen LogP contribution >= 0.6 is 0 Å². The highest BCUT2D eigenvalue weighted by atomic mass is 16.5. The van der Waals surface area contributed by atoms with Gasteiger partial charge in [-0.1, -0.05) is 18.2 Å². The SMILES string of the molecule is COc1cccc(NC(=O)Cc2c[nH]c3cc(C)ccc23)c1. The maximum atomic E-state index is 12.2. The largest absolute Gasteiger partial charge is 0.497 e. The molecule has 0 saturated carbocycles. The quantitative estimate of drug-likeness (QED) is 0.771. The van der Waals surface area contributed by atoms with Crippen LogP contribution in [0.25, 0.3) is 10.9 Å². The van der Waals surface area contributed by atoms with E-state index < -0.39 is 0 Å². The molecule has 3 rings (SSSR count). The third kappa shape index (κ3) is 2.96. The molecule has 0 radical (unpaired) electrons. The summed E-state index contributed by atoms with van der Waals surface area (Å²) in [6.45, 7) is 2.05. The lowest BCUT2D eigenvalue weighted by atomic mass is 10.1. The van der Waals surface area contributed by atoms with Crippen LogP contribution in [0.2, 0.25) is 0 Å². The molecule has 2 aromatic carbocycles. The number of anilines is 1. The van der Waals surface area contributed by atoms with Gasteiger partial charge in [-0.05, 0) is 36.2 Å². The number of methoxy groups -OCH3 is 1. The predicted octanol–water partition coefficient (Wildman–Crippen LogP) is 3.67. The zero-order valence-electron chi connectivity index (χ0n) is 12.6. The zero-order chi connectivity index (χ0) is 15.5. The number of rotatable bonds is 4. The molecule has 1 heterocycles. The Morgan fingerprint density at radius 3 is 2.91 bits per heavy atom. The Morgan fingerprint density at radius 2 is 2.09 bits per heavy atom. The van der Waals surface area contributed by atoms with Crippen LogP contribution in [0.4, 0.5) is 5.69 Å². The van der Waals surface area contributed by atoms with Crippen molar-refractivity contribution < 1.29 is 9.53 Å². The van der Waals surface area contributed by atoms with Crippen LogP contribution in [0.1, 0.15) is 11.1 Å². The second-order valence-electron chi connectivity index (χ2n) is 5.32. The van der Waals surface area contributed by atoms with Crippen molar-refractivity contribution in [3.63, 3.8) is 0 Å². The van der Waals surface area contributed by atoms with Gasteiger partial charge in [-0.2, -0.15) is 0 Å². The van der Waals surface area contributed by atoms with Crippen molar-refractivity contribution in [2.75, 3.05) is 12.4 Å². The first-order valence-corrected chi connectivity index (χ1v) is 7.16. The highest BCUT2D eigenvalue weighted by Gasteiger charge is 2.09. The summed E-state index contributed by atoms with van der Waals surface area (Å²) in [5, 5.41) is 3.99. The maximum absolute atomic E-state index is 12.2. The number of aryl methyl sites for hydroxylation is 1. The number of hydrogen-bond acceptors (Lipinski definition) is 2. The number of benzene rings is 2. The number of fused-ring (bicyclic) bond motifs is 1. The fraction of sp³-hybridized carbons (Fsp3) is 0.167. The molecule has 1 aromatic heterocycles. The Kier molecular flexibility index (Phi) is 3.83. The number of aromatic nitrogens is 1. The van der Waals surface area contributed by atoms with Gasteiger partial charge in [-0.25, -0.2) is 0 Å². The summed E-state index contributed by atoms with van der Waals surface area (Å²) in [7, 11) is 1.61. The topological polar surface area (TPSA) is 54.1 Å². The summed E-state index contributed by atoms with van der Waals surface area (Å²) in [6.07, 6.45) is 2.23. The van der Waals surface area contributed by atoms with E-state index in [2.05, 4.69) is 35.4 Å². The molecule has 112 valence electrons. The van der Waals surface area contributed by atoms with E-state index in [0.29, 0.717) is 6.42 Å². The predicted molar refractivity (Wildman–Crippen MR) is 88.4 cm³/mol. The van der Waals surface area contributed by atoms with Gasteiger partial charge in [0.1, 0.15) is 5.75 Å². The molecule has 4 heteroatoms. The minimum atomic E-state index is -0.0465. The average Bonchev–Trinajstić information content (AvgIpc) is 2.89. The van der Waals surface area contributed by atoms with Crippen molar-refractivity contribution in [1.82, 2.24) is 4.98 Å². The van der Waals surface area contributed by atoms with Crippen LogP contribution in [0, 0.1) is 6.92 Å². The number of carbonyl (C=O) groups excluding carboxylic acids is 1. The van der Waals surface area contributed by atoms with E-state index in [9.17, 15) is 4.79 Å². The van der Waals surface area contributed by atoms with E-state index in [0.717, 1.165) is 27.9 Å². The monoisotopic (exact) mass is 294 g/mol. The summed E-state index contributed by atoms with van der Waals surface area (Å²) in [5.41, 5.74) is 3.99. The molecule has 0 aliphatic carbocycles. The van der Waals surface area contributed by atoms with E-state index in [4.69, 9.17) is 4.74 Å². The zero-order valence-corrected chi connectivity index (χ0v) is 12.6. The van der Waals surface area contributed by atoms with Crippen LogP contribution < -0.4 is 10.1 Å². The molecule has 0 unspecified atom stereocenters. The number of amides is 1. The van der Waals surface area contributed by atoms with Crippen molar-refractivity contribution >= 4 is 22.5 Å². The molecule has 0 aliphatic heterocycles. The van der Waals surface area contributed by atoms with Crippen LogP contribution in [0.3, 0.4) is 0 Å². The Balaban J connectivity index is 1.75. The standard InChI is InChI=1S/C18H18N2O2/c1-12-6-7-16-13(11-19-17(16)8-12)9-18(21)20-14-4-3-5-15(10-14)22-2/h3-8,10-11,19H,9H2,1-2H3,(H,20,21). The molecular formula is C18H18N2O2. The van der Waals surface area contributed by atoms with E-state index in [1.54, 1.807) is 13.2 Å². The summed E-state index contributed by atoms with van der Waals surface area (Å²) < 4.78 is 5.15. The lowest BCUT2D eigenvalue weighted by Crippen LogP contribution is -2.14. The molecule has 0 aliphatic rings. The van der Waals surface area contributed by atoms with Gasteiger partial charge < -0.3 is 15.0 Å². The minimum absolute atomic E-state index is 0.0465. The molecule has 3 aromatic rings. The highest BCUT2D eigenvalue weighted by Crippen LogP contribution is 2.21. The maximum Gasteiger partial charge on any atom is 0.228 e. The van der Waals surface area contributed by atoms with Crippen LogP contribution in [-0.2, 0) is 11.2 Å². The molecule has 22 heavy (non-hydrogen) atoms. The van der Waals surface area contributed by atoms with Gasteiger partial charge in [0.25, 0.3) is 0 Å². The summed E-state index contributed by atoms with van der Waals surface area (Å²) in [4.78, 5) is 15.4. The molecule has 1 amide bonds. The summed E-state index contributed by atoms with van der Waals surface area (Å²) >= 11 is 0. The minimum Gasteiger partial charge on any atom is -0.497 e. The number of ether oxygens (including phenoxy) is 1. The Bertz CT molecular complexity index is 821. The van der Waals surface area contributed by atoms with Crippen molar-refractivity contribution in [2.45, 2.75) is 13.3 Å². The van der Waals surface area contributed by atoms with Crippen molar-refractivity contribution in [2.24, 2.45) is 0 Å². The third-order valence-electron chi connectivity index (χ3n) is 3.63. The number of carbonyl (C=O) groups is 1. The molecule has 0 fully saturated rings. The number of nitrogens with one attached hydrogen (secondary N) is 2. The highest BCUT2D eigenvalue weighted by molar-refractivity contribution is 5.96. The van der Waals surface area contributed by atoms with E-state index in [1.165, 1.54) is 5.56 Å². The third-order valence-corrected chi connectivity index (χ3v) is 3.63. The van der Waals surface area contributed by atoms with Gasteiger partial charge in [0, 0.05) is 28.9 Å². The van der Waals surface area contributed by atoms with Crippen LogP contribution in [0.5, 0.6) is 5.75 Å². The van der Waals surface area contributed by atoms with Gasteiger partial charge >= 0.3 is 0 Å². The number of hydrogen-bond donors (Lipinski definition) is 2. The van der Waals surface area contributed by atoms with Crippen LogP contribution in [-0.4, -0.2) is 18.0 Å². The fourth-order valence-electron chi connectivity index (χ4n) is 2.53. The van der Waals surface area contributed by atoms with Gasteiger partial charge in [0.05, 0.1) is 13.5 Å². The summed E-state index contributed by atoms with van der Waals surface area (Å²) in [6, 6.07) is 13.5. The Labute approximate surface area is 129 Å². The molecule has 0 atom stereocenters. The first-order valence-electron chi connectivity index (χ1n) is 7.16. The molecule has 0 saturated heterocycles. The first-order chi connectivity index (χ1) is 10.7. The molecule has 0 bridgehead atoms. The normalized spacial score (nSPS) is 10.6. The average molecular weight is 294 g/mol. The van der Waals surface area contributed by atoms with Gasteiger partial charge in [0.2, 0.25) is 5.91 Å². The Morgan fingerprint density at radius 1 is 1.23 bits per heavy atom. The fourth-order valence-corrected chi connectivity index (χ4v) is 2.53. The molecule has 4 nitrogen and oxygen atoms in total. The van der Waals surface area contributed by atoms with E-state index in [-0.39, 0.29) is 5.91 Å². The van der Waals surface area contributed by atoms with Crippen molar-refractivity contribution in [3.05, 3.63) is 59.8 Å². The first kappa shape index (κ1) is 14.2. The van der Waals surface area contributed by atoms with Gasteiger partial charge in [0.15, 0.2) is 0 Å². The number of H-pyrrole nitrogens is 1. The second kappa shape index (κ2) is 5.93. The van der Waals surface area contributed by atoms with Gasteiger partial charge in [-0.3, -0.25) is 4.79 Å². The van der Waals surface area contributed by atoms with E-state index >= 15 is 0 Å². The second-order valence-corrected chi connectivity index (χ2v) is 5.32. The van der Waals surface area contributed by atoms with E-state index in [1.807, 2.05) is 24.4 Å². The summed E-state index contributed by atoms with van der Waals surface area (Å²) in [5.74, 6) is 0.676. The van der Waals surface area contributed by atoms with Crippen molar-refractivity contribution in [3.8, 4) is 5.75 Å². The van der Waals surface area contributed by atoms with Crippen molar-refractivity contribution in [1.29, 1.82) is 0 Å². The van der Waals surface area contributed by atoms with Crippen LogP contribution in [0.15, 0.2) is 48.7 Å². The Hall–Kier alpha value is -2.75.